The van der Waals surface area contributed by atoms with E-state index < -0.39 is 0 Å². The van der Waals surface area contributed by atoms with Crippen molar-refractivity contribution >= 4 is 23.1 Å². The van der Waals surface area contributed by atoms with Gasteiger partial charge >= 0.3 is 0 Å². The third-order valence-electron chi connectivity index (χ3n) is 4.28. The zero-order valence-corrected chi connectivity index (χ0v) is 13.8. The number of nitrogens with one attached hydrogen (secondary N) is 1. The minimum Gasteiger partial charge on any atom is -0.493 e. The van der Waals surface area contributed by atoms with Crippen LogP contribution in [0.3, 0.4) is 0 Å². The van der Waals surface area contributed by atoms with E-state index >= 15 is 0 Å². The monoisotopic (exact) mass is 317 g/mol. The zero-order chi connectivity index (χ0) is 14.2. The Morgan fingerprint density at radius 3 is 3.05 bits per heavy atom. The highest BCUT2D eigenvalue weighted by atomic mass is 32.2. The highest BCUT2D eigenvalue weighted by molar-refractivity contribution is 7.98. The van der Waals surface area contributed by atoms with E-state index in [4.69, 9.17) is 4.74 Å². The number of ether oxygens (including phenoxy) is 1. The van der Waals surface area contributed by atoms with Gasteiger partial charge in [-0.25, -0.2) is 0 Å². The normalized spacial score (nSPS) is 18.0. The maximum Gasteiger partial charge on any atom is 0.127 e. The Kier molecular flexibility index (Phi) is 3.69. The van der Waals surface area contributed by atoms with Crippen LogP contribution in [0.25, 0.3) is 0 Å². The molecule has 1 N–H and O–H groups in total. The largest absolute Gasteiger partial charge is 0.493 e. The molecule has 0 bridgehead atoms. The number of thiophene rings is 1. The van der Waals surface area contributed by atoms with Gasteiger partial charge in [0.2, 0.25) is 0 Å². The number of hydrogen-bond acceptors (Lipinski definition) is 4. The second kappa shape index (κ2) is 5.67. The molecule has 0 saturated heterocycles. The molecule has 2 aliphatic heterocycles. The minimum atomic E-state index is 0.249. The molecule has 3 heterocycles. The molecular weight excluding hydrogens is 298 g/mol. The molecular formula is C17H19NOS2. The molecule has 0 aliphatic carbocycles. The van der Waals surface area contributed by atoms with Gasteiger partial charge in [-0.2, -0.15) is 11.8 Å². The number of thioether (sulfide) groups is 1. The van der Waals surface area contributed by atoms with E-state index in [1.54, 1.807) is 10.4 Å². The Hall–Kier alpha value is -0.970. The van der Waals surface area contributed by atoms with E-state index in [0.29, 0.717) is 0 Å². The average Bonchev–Trinajstić information content (AvgIpc) is 3.14. The van der Waals surface area contributed by atoms with Crippen LogP contribution in [0.5, 0.6) is 5.75 Å². The van der Waals surface area contributed by atoms with Crippen molar-refractivity contribution in [3.05, 3.63) is 50.7 Å². The van der Waals surface area contributed by atoms with E-state index in [1.807, 2.05) is 30.1 Å². The van der Waals surface area contributed by atoms with Crippen LogP contribution in [0.1, 0.15) is 32.5 Å². The first-order valence-electron chi connectivity index (χ1n) is 7.48. The third kappa shape index (κ3) is 2.39. The van der Waals surface area contributed by atoms with Crippen LogP contribution in [0.15, 0.2) is 24.3 Å². The molecule has 2 aliphatic rings. The molecule has 4 heteroatoms. The van der Waals surface area contributed by atoms with Crippen molar-refractivity contribution in [2.75, 3.05) is 19.4 Å². The number of rotatable bonds is 3. The molecule has 0 fully saturated rings. The van der Waals surface area contributed by atoms with Gasteiger partial charge in [-0.1, -0.05) is 18.2 Å². The second-order valence-electron chi connectivity index (χ2n) is 5.56. The first kappa shape index (κ1) is 13.7. The summed E-state index contributed by atoms with van der Waals surface area (Å²) < 4.78 is 5.90. The van der Waals surface area contributed by atoms with Gasteiger partial charge in [0.05, 0.1) is 12.6 Å². The van der Waals surface area contributed by atoms with Crippen LogP contribution < -0.4 is 10.1 Å². The summed E-state index contributed by atoms with van der Waals surface area (Å²) in [4.78, 5) is 3.01. The van der Waals surface area contributed by atoms with Gasteiger partial charge in [0.15, 0.2) is 0 Å². The summed E-state index contributed by atoms with van der Waals surface area (Å²) >= 11 is 4.02. The summed E-state index contributed by atoms with van der Waals surface area (Å²) in [5.41, 5.74) is 4.18. The summed E-state index contributed by atoms with van der Waals surface area (Å²) in [6, 6.07) is 9.21. The zero-order valence-electron chi connectivity index (χ0n) is 12.1. The molecule has 1 unspecified atom stereocenters. The lowest BCUT2D eigenvalue weighted by Gasteiger charge is -2.18. The molecule has 2 aromatic rings. The Balaban J connectivity index is 1.75. The predicted octanol–water partition coefficient (Wildman–Crippen LogP) is 3.78. The first-order chi connectivity index (χ1) is 10.4. The predicted molar refractivity (Wildman–Crippen MR) is 90.7 cm³/mol. The van der Waals surface area contributed by atoms with Gasteiger partial charge in [-0.05, 0) is 36.4 Å². The molecule has 110 valence electrons. The molecule has 21 heavy (non-hydrogen) atoms. The lowest BCUT2D eigenvalue weighted by molar-refractivity contribution is 0.351. The van der Waals surface area contributed by atoms with Crippen molar-refractivity contribution in [2.24, 2.45) is 0 Å². The van der Waals surface area contributed by atoms with E-state index in [0.717, 1.165) is 18.8 Å². The maximum atomic E-state index is 5.90. The second-order valence-corrected chi connectivity index (χ2v) is 7.83. The summed E-state index contributed by atoms with van der Waals surface area (Å²) in [5, 5.41) is 3.50. The van der Waals surface area contributed by atoms with E-state index in [-0.39, 0.29) is 6.04 Å². The average molecular weight is 317 g/mol. The minimum absolute atomic E-state index is 0.249. The van der Waals surface area contributed by atoms with Crippen LogP contribution in [0, 0.1) is 0 Å². The quantitative estimate of drug-likeness (QED) is 0.931. The van der Waals surface area contributed by atoms with Crippen molar-refractivity contribution in [2.45, 2.75) is 24.6 Å². The smallest absolute Gasteiger partial charge is 0.127 e. The van der Waals surface area contributed by atoms with Crippen molar-refractivity contribution < 1.29 is 4.74 Å². The van der Waals surface area contributed by atoms with Crippen LogP contribution in [-0.4, -0.2) is 19.4 Å². The molecule has 0 radical (unpaired) electrons. The van der Waals surface area contributed by atoms with Gasteiger partial charge in [-0.3, -0.25) is 0 Å². The fourth-order valence-corrected chi connectivity index (χ4v) is 5.74. The number of hydrogen-bond donors (Lipinski definition) is 1. The molecule has 1 aromatic carbocycles. The summed E-state index contributed by atoms with van der Waals surface area (Å²) in [5.74, 6) is 3.55. The van der Waals surface area contributed by atoms with Crippen molar-refractivity contribution in [3.63, 3.8) is 0 Å². The lowest BCUT2D eigenvalue weighted by Crippen LogP contribution is -2.17. The molecule has 2 nitrogen and oxygen atoms in total. The highest BCUT2D eigenvalue weighted by Crippen LogP contribution is 2.40. The van der Waals surface area contributed by atoms with E-state index in [1.165, 1.54) is 33.9 Å². The topological polar surface area (TPSA) is 21.3 Å². The highest BCUT2D eigenvalue weighted by Gasteiger charge is 2.25. The van der Waals surface area contributed by atoms with Crippen molar-refractivity contribution in [1.82, 2.24) is 5.32 Å². The van der Waals surface area contributed by atoms with Gasteiger partial charge in [0.1, 0.15) is 5.75 Å². The third-order valence-corrected chi connectivity index (χ3v) is 6.59. The SMILES string of the molecule is CNC(c1cc2c(s1)CCSC2)c1cccc2c1OCC2. The van der Waals surface area contributed by atoms with E-state index in [2.05, 4.69) is 29.6 Å². The number of fused-ring (bicyclic) bond motifs is 2. The van der Waals surface area contributed by atoms with Crippen molar-refractivity contribution in [1.29, 1.82) is 0 Å². The molecule has 1 atom stereocenters. The molecule has 4 rings (SSSR count). The summed E-state index contributed by atoms with van der Waals surface area (Å²) in [6.45, 7) is 0.820. The molecule has 0 amide bonds. The summed E-state index contributed by atoms with van der Waals surface area (Å²) in [6.07, 6.45) is 2.27. The Morgan fingerprint density at radius 1 is 1.24 bits per heavy atom. The van der Waals surface area contributed by atoms with Gasteiger partial charge in [-0.15, -0.1) is 11.3 Å². The fourth-order valence-electron chi connectivity index (χ4n) is 3.23. The Bertz CT molecular complexity index is 641. The van der Waals surface area contributed by atoms with Gasteiger partial charge in [0, 0.05) is 27.5 Å². The molecule has 1 aromatic heterocycles. The fraction of sp³-hybridized carbons (Fsp3) is 0.412. The van der Waals surface area contributed by atoms with Crippen LogP contribution in [0.2, 0.25) is 0 Å². The van der Waals surface area contributed by atoms with E-state index in [9.17, 15) is 0 Å². The van der Waals surface area contributed by atoms with Crippen LogP contribution in [-0.2, 0) is 18.6 Å². The van der Waals surface area contributed by atoms with Crippen LogP contribution >= 0.6 is 23.1 Å². The standard InChI is InChI=1S/C17H19NOS2/c1-18-16(13-4-2-3-11-5-7-19-17(11)13)15-9-12-10-20-8-6-14(12)21-15/h2-4,9,16,18H,5-8,10H2,1H3. The Morgan fingerprint density at radius 2 is 2.19 bits per heavy atom. The van der Waals surface area contributed by atoms with Crippen molar-refractivity contribution in [3.8, 4) is 5.75 Å². The molecule has 0 saturated carbocycles. The number of aryl methyl sites for hydroxylation is 1. The molecule has 0 spiro atoms. The first-order valence-corrected chi connectivity index (χ1v) is 9.45. The maximum absolute atomic E-state index is 5.90. The van der Waals surface area contributed by atoms with Gasteiger partial charge < -0.3 is 10.1 Å². The summed E-state index contributed by atoms with van der Waals surface area (Å²) in [7, 11) is 2.05. The lowest BCUT2D eigenvalue weighted by atomic mass is 10.0. The van der Waals surface area contributed by atoms with Gasteiger partial charge in [0.25, 0.3) is 0 Å². The number of para-hydroxylation sites is 1. The number of benzene rings is 1. The van der Waals surface area contributed by atoms with Crippen LogP contribution in [0.4, 0.5) is 0 Å². The Labute approximate surface area is 133 Å².